The zero-order valence-corrected chi connectivity index (χ0v) is 10.5. The summed E-state index contributed by atoms with van der Waals surface area (Å²) in [5.41, 5.74) is 1.27. The molecule has 1 aromatic carbocycles. The van der Waals surface area contributed by atoms with Crippen LogP contribution in [0.4, 0.5) is 0 Å². The van der Waals surface area contributed by atoms with E-state index >= 15 is 0 Å². The maximum atomic E-state index is 5.87. The van der Waals surface area contributed by atoms with Gasteiger partial charge < -0.3 is 9.47 Å². The van der Waals surface area contributed by atoms with E-state index in [9.17, 15) is 0 Å². The molecule has 0 aliphatic carbocycles. The molecule has 0 fully saturated rings. The lowest BCUT2D eigenvalue weighted by Crippen LogP contribution is -2.29. The van der Waals surface area contributed by atoms with E-state index in [4.69, 9.17) is 9.47 Å². The van der Waals surface area contributed by atoms with Gasteiger partial charge in [-0.25, -0.2) is 0 Å². The van der Waals surface area contributed by atoms with Crippen LogP contribution in [0, 0.1) is 0 Å². The molecule has 0 N–H and O–H groups in total. The molecule has 0 saturated carbocycles. The Balaban J connectivity index is 2.33. The van der Waals surface area contributed by atoms with Gasteiger partial charge in [0, 0.05) is 19.4 Å². The fraction of sp³-hybridized carbons (Fsp3) is 0.571. The van der Waals surface area contributed by atoms with Crippen molar-refractivity contribution in [2.45, 2.75) is 52.2 Å². The van der Waals surface area contributed by atoms with Crippen LogP contribution in [0.2, 0.25) is 0 Å². The quantitative estimate of drug-likeness (QED) is 0.763. The summed E-state index contributed by atoms with van der Waals surface area (Å²) < 4.78 is 11.6. The Morgan fingerprint density at radius 1 is 1.25 bits per heavy atom. The molecule has 0 radical (unpaired) electrons. The first-order valence-electron chi connectivity index (χ1n) is 6.04. The lowest BCUT2D eigenvalue weighted by molar-refractivity contribution is -0.0435. The summed E-state index contributed by atoms with van der Waals surface area (Å²) in [7, 11) is 0. The van der Waals surface area contributed by atoms with Crippen LogP contribution < -0.4 is 9.47 Å². The molecule has 0 spiro atoms. The molecular weight excluding hydrogens is 200 g/mol. The monoisotopic (exact) mass is 220 g/mol. The third-order valence-electron chi connectivity index (χ3n) is 2.97. The van der Waals surface area contributed by atoms with Crippen molar-refractivity contribution < 1.29 is 9.47 Å². The number of hydrogen-bond acceptors (Lipinski definition) is 2. The third kappa shape index (κ3) is 2.01. The van der Waals surface area contributed by atoms with Crippen LogP contribution in [0.1, 0.15) is 52.0 Å². The van der Waals surface area contributed by atoms with Crippen LogP contribution in [0.15, 0.2) is 18.2 Å². The van der Waals surface area contributed by atoms with E-state index < -0.39 is 5.79 Å². The molecular formula is C14H20O2. The Hall–Kier alpha value is -1.18. The Kier molecular flexibility index (Phi) is 2.83. The molecule has 0 bridgehead atoms. The van der Waals surface area contributed by atoms with Crippen LogP contribution in [0.3, 0.4) is 0 Å². The molecule has 2 nitrogen and oxygen atoms in total. The summed E-state index contributed by atoms with van der Waals surface area (Å²) in [6, 6.07) is 6.17. The third-order valence-corrected chi connectivity index (χ3v) is 2.97. The zero-order valence-electron chi connectivity index (χ0n) is 10.5. The minimum atomic E-state index is -0.523. The number of benzene rings is 1. The number of fused-ring (bicyclic) bond motifs is 1. The van der Waals surface area contributed by atoms with Crippen molar-refractivity contribution in [3.8, 4) is 11.5 Å². The van der Waals surface area contributed by atoms with Gasteiger partial charge in [0.25, 0.3) is 0 Å². The van der Waals surface area contributed by atoms with Crippen molar-refractivity contribution in [3.63, 3.8) is 0 Å². The SMILES string of the molecule is CCCC(C)c1cccc2c1OC(C)(C)O2. The Morgan fingerprint density at radius 2 is 2.00 bits per heavy atom. The molecule has 2 rings (SSSR count). The standard InChI is InChI=1S/C14H20O2/c1-5-7-10(2)11-8-6-9-12-13(11)16-14(3,4)15-12/h6,8-10H,5,7H2,1-4H3. The highest BCUT2D eigenvalue weighted by Gasteiger charge is 2.33. The first-order valence-corrected chi connectivity index (χ1v) is 6.04. The van der Waals surface area contributed by atoms with E-state index in [1.807, 2.05) is 26.0 Å². The van der Waals surface area contributed by atoms with Gasteiger partial charge in [0.2, 0.25) is 5.79 Å². The largest absolute Gasteiger partial charge is 0.449 e. The predicted octanol–water partition coefficient (Wildman–Crippen LogP) is 4.10. The smallest absolute Gasteiger partial charge is 0.246 e. The molecule has 0 aromatic heterocycles. The zero-order chi connectivity index (χ0) is 11.8. The molecule has 88 valence electrons. The van der Waals surface area contributed by atoms with Gasteiger partial charge in [0.15, 0.2) is 11.5 Å². The molecule has 1 unspecified atom stereocenters. The molecule has 1 aliphatic rings. The highest BCUT2D eigenvalue weighted by Crippen LogP contribution is 2.44. The average molecular weight is 220 g/mol. The van der Waals surface area contributed by atoms with Crippen molar-refractivity contribution in [1.29, 1.82) is 0 Å². The average Bonchev–Trinajstić information content (AvgIpc) is 2.51. The highest BCUT2D eigenvalue weighted by atomic mass is 16.7. The van der Waals surface area contributed by atoms with Crippen molar-refractivity contribution in [1.82, 2.24) is 0 Å². The number of rotatable bonds is 3. The second kappa shape index (κ2) is 4.00. The maximum Gasteiger partial charge on any atom is 0.246 e. The van der Waals surface area contributed by atoms with Crippen molar-refractivity contribution in [2.75, 3.05) is 0 Å². The predicted molar refractivity (Wildman–Crippen MR) is 65.1 cm³/mol. The summed E-state index contributed by atoms with van der Waals surface area (Å²) in [6.45, 7) is 8.34. The number of ether oxygens (including phenoxy) is 2. The number of para-hydroxylation sites is 1. The van der Waals surface area contributed by atoms with Gasteiger partial charge in [0.1, 0.15) is 0 Å². The van der Waals surface area contributed by atoms with Crippen LogP contribution in [-0.2, 0) is 0 Å². The first kappa shape index (κ1) is 11.3. The summed E-state index contributed by atoms with van der Waals surface area (Å²) in [4.78, 5) is 0. The molecule has 0 saturated heterocycles. The summed E-state index contributed by atoms with van der Waals surface area (Å²) in [6.07, 6.45) is 2.37. The maximum absolute atomic E-state index is 5.87. The lowest BCUT2D eigenvalue weighted by atomic mass is 9.95. The topological polar surface area (TPSA) is 18.5 Å². The van der Waals surface area contributed by atoms with E-state index in [0.717, 1.165) is 11.5 Å². The van der Waals surface area contributed by atoms with E-state index in [1.54, 1.807) is 0 Å². The van der Waals surface area contributed by atoms with Crippen LogP contribution >= 0.6 is 0 Å². The van der Waals surface area contributed by atoms with E-state index in [-0.39, 0.29) is 0 Å². The van der Waals surface area contributed by atoms with Crippen LogP contribution in [0.25, 0.3) is 0 Å². The fourth-order valence-corrected chi connectivity index (χ4v) is 2.23. The van der Waals surface area contributed by atoms with Crippen molar-refractivity contribution in [3.05, 3.63) is 23.8 Å². The Morgan fingerprint density at radius 3 is 2.69 bits per heavy atom. The summed E-state index contributed by atoms with van der Waals surface area (Å²) in [5.74, 6) is 1.82. The van der Waals surface area contributed by atoms with Gasteiger partial charge in [0.05, 0.1) is 0 Å². The first-order chi connectivity index (χ1) is 7.53. The highest BCUT2D eigenvalue weighted by molar-refractivity contribution is 5.50. The van der Waals surface area contributed by atoms with Crippen LogP contribution in [-0.4, -0.2) is 5.79 Å². The Labute approximate surface area is 97.6 Å². The van der Waals surface area contributed by atoms with Gasteiger partial charge in [-0.3, -0.25) is 0 Å². The van der Waals surface area contributed by atoms with Crippen molar-refractivity contribution in [2.24, 2.45) is 0 Å². The van der Waals surface area contributed by atoms with Gasteiger partial charge in [-0.05, 0) is 18.4 Å². The van der Waals surface area contributed by atoms with Gasteiger partial charge >= 0.3 is 0 Å². The van der Waals surface area contributed by atoms with E-state index in [0.29, 0.717) is 5.92 Å². The fourth-order valence-electron chi connectivity index (χ4n) is 2.23. The molecule has 16 heavy (non-hydrogen) atoms. The second-order valence-corrected chi connectivity index (χ2v) is 4.97. The molecule has 0 amide bonds. The lowest BCUT2D eigenvalue weighted by Gasteiger charge is -2.18. The van der Waals surface area contributed by atoms with Gasteiger partial charge in [-0.15, -0.1) is 0 Å². The molecule has 1 aliphatic heterocycles. The van der Waals surface area contributed by atoms with E-state index in [2.05, 4.69) is 19.9 Å². The second-order valence-electron chi connectivity index (χ2n) is 4.97. The molecule has 2 heteroatoms. The molecule has 1 heterocycles. The summed E-state index contributed by atoms with van der Waals surface area (Å²) in [5, 5.41) is 0. The molecule has 1 aromatic rings. The van der Waals surface area contributed by atoms with Crippen molar-refractivity contribution >= 4 is 0 Å². The van der Waals surface area contributed by atoms with E-state index in [1.165, 1.54) is 18.4 Å². The van der Waals surface area contributed by atoms with Crippen LogP contribution in [0.5, 0.6) is 11.5 Å². The minimum absolute atomic E-state index is 0.523. The summed E-state index contributed by atoms with van der Waals surface area (Å²) >= 11 is 0. The van der Waals surface area contributed by atoms with Gasteiger partial charge in [-0.1, -0.05) is 32.4 Å². The molecule has 1 atom stereocenters. The van der Waals surface area contributed by atoms with Gasteiger partial charge in [-0.2, -0.15) is 0 Å². The normalized spacial score (nSPS) is 18.5. The number of hydrogen-bond donors (Lipinski definition) is 0. The Bertz CT molecular complexity index is 382. The minimum Gasteiger partial charge on any atom is -0.449 e.